The number of ether oxygens (including phenoxy) is 1. The predicted molar refractivity (Wildman–Crippen MR) is 69.1 cm³/mol. The van der Waals surface area contributed by atoms with Crippen LogP contribution in [-0.4, -0.2) is 4.92 Å². The molecule has 0 N–H and O–H groups in total. The van der Waals surface area contributed by atoms with Crippen molar-refractivity contribution in [1.82, 2.24) is 0 Å². The van der Waals surface area contributed by atoms with Gasteiger partial charge in [-0.3, -0.25) is 10.1 Å². The maximum absolute atomic E-state index is 13.5. The third kappa shape index (κ3) is 3.00. The Labute approximate surface area is 113 Å². The second-order valence-electron chi connectivity index (χ2n) is 3.72. The summed E-state index contributed by atoms with van der Waals surface area (Å²) >= 11 is 5.72. The molecule has 0 radical (unpaired) electrons. The van der Waals surface area contributed by atoms with E-state index in [1.807, 2.05) is 0 Å². The molecule has 0 aromatic heterocycles. The number of alkyl halides is 1. The Morgan fingerprint density at radius 2 is 1.95 bits per heavy atom. The first kappa shape index (κ1) is 13.3. The zero-order valence-corrected chi connectivity index (χ0v) is 10.4. The first-order chi connectivity index (χ1) is 9.11. The second kappa shape index (κ2) is 5.67. The summed E-state index contributed by atoms with van der Waals surface area (Å²) in [6, 6.07) is 9.90. The third-order valence-corrected chi connectivity index (χ3v) is 2.74. The number of nitro benzene ring substituents is 1. The summed E-state index contributed by atoms with van der Waals surface area (Å²) in [4.78, 5) is 10.1. The zero-order chi connectivity index (χ0) is 13.8. The summed E-state index contributed by atoms with van der Waals surface area (Å²) in [7, 11) is 0. The molecule has 0 amide bonds. The molecule has 0 atom stereocenters. The monoisotopic (exact) mass is 281 g/mol. The van der Waals surface area contributed by atoms with E-state index in [2.05, 4.69) is 0 Å². The van der Waals surface area contributed by atoms with Crippen molar-refractivity contribution in [3.8, 4) is 11.5 Å². The summed E-state index contributed by atoms with van der Waals surface area (Å²) in [5.41, 5.74) is 0.343. The fraction of sp³-hybridized carbons (Fsp3) is 0.0769. The Morgan fingerprint density at radius 3 is 2.58 bits per heavy atom. The lowest BCUT2D eigenvalue weighted by atomic mass is 10.2. The van der Waals surface area contributed by atoms with E-state index in [-0.39, 0.29) is 17.3 Å². The van der Waals surface area contributed by atoms with Gasteiger partial charge in [0.1, 0.15) is 5.75 Å². The molecule has 0 saturated heterocycles. The highest BCUT2D eigenvalue weighted by molar-refractivity contribution is 6.17. The molecular formula is C13H9ClFNO3. The van der Waals surface area contributed by atoms with Crippen molar-refractivity contribution in [3.05, 3.63) is 64.0 Å². The maximum Gasteiger partial charge on any atom is 0.270 e. The highest BCUT2D eigenvalue weighted by Crippen LogP contribution is 2.30. The van der Waals surface area contributed by atoms with Crippen LogP contribution in [-0.2, 0) is 5.88 Å². The van der Waals surface area contributed by atoms with Gasteiger partial charge in [0.2, 0.25) is 0 Å². The molecule has 0 aliphatic carbocycles. The molecule has 0 heterocycles. The summed E-state index contributed by atoms with van der Waals surface area (Å²) in [5, 5.41) is 10.7. The van der Waals surface area contributed by atoms with Gasteiger partial charge in [-0.2, -0.15) is 0 Å². The van der Waals surface area contributed by atoms with Crippen LogP contribution < -0.4 is 4.74 Å². The van der Waals surface area contributed by atoms with E-state index in [0.29, 0.717) is 11.3 Å². The van der Waals surface area contributed by atoms with Gasteiger partial charge in [-0.25, -0.2) is 4.39 Å². The normalized spacial score (nSPS) is 10.2. The fourth-order valence-electron chi connectivity index (χ4n) is 1.53. The standard InChI is InChI=1S/C13H9ClFNO3/c14-8-9-7-10(16(17)18)5-6-12(9)19-13-4-2-1-3-11(13)15/h1-7H,8H2. The quantitative estimate of drug-likeness (QED) is 0.478. The van der Waals surface area contributed by atoms with Crippen molar-refractivity contribution >= 4 is 17.3 Å². The van der Waals surface area contributed by atoms with Crippen molar-refractivity contribution in [2.24, 2.45) is 0 Å². The first-order valence-corrected chi connectivity index (χ1v) is 5.91. The van der Waals surface area contributed by atoms with Crippen LogP contribution >= 0.6 is 11.6 Å². The molecule has 2 aromatic carbocycles. The van der Waals surface area contributed by atoms with Crippen LogP contribution in [0.4, 0.5) is 10.1 Å². The Kier molecular flexibility index (Phi) is 3.97. The highest BCUT2D eigenvalue weighted by Gasteiger charge is 2.13. The molecule has 98 valence electrons. The van der Waals surface area contributed by atoms with Gasteiger partial charge in [-0.1, -0.05) is 12.1 Å². The lowest BCUT2D eigenvalue weighted by Gasteiger charge is -2.09. The second-order valence-corrected chi connectivity index (χ2v) is 3.98. The van der Waals surface area contributed by atoms with E-state index in [0.717, 1.165) is 0 Å². The average molecular weight is 282 g/mol. The minimum atomic E-state index is -0.525. The van der Waals surface area contributed by atoms with E-state index in [9.17, 15) is 14.5 Å². The molecule has 0 fully saturated rings. The smallest absolute Gasteiger partial charge is 0.270 e. The maximum atomic E-state index is 13.5. The number of halogens is 2. The van der Waals surface area contributed by atoms with E-state index < -0.39 is 10.7 Å². The van der Waals surface area contributed by atoms with E-state index in [4.69, 9.17) is 16.3 Å². The van der Waals surface area contributed by atoms with Crippen molar-refractivity contribution in [1.29, 1.82) is 0 Å². The van der Waals surface area contributed by atoms with Gasteiger partial charge in [0, 0.05) is 17.7 Å². The van der Waals surface area contributed by atoms with Crippen LogP contribution in [0.2, 0.25) is 0 Å². The Morgan fingerprint density at radius 1 is 1.21 bits per heavy atom. The summed E-state index contributed by atoms with van der Waals surface area (Å²) in [5.74, 6) is -0.138. The molecule has 2 aromatic rings. The topological polar surface area (TPSA) is 52.4 Å². The third-order valence-electron chi connectivity index (χ3n) is 2.46. The van der Waals surface area contributed by atoms with E-state index >= 15 is 0 Å². The molecule has 0 saturated carbocycles. The minimum absolute atomic E-state index is 0.0332. The summed E-state index contributed by atoms with van der Waals surface area (Å²) < 4.78 is 18.8. The lowest BCUT2D eigenvalue weighted by molar-refractivity contribution is -0.384. The molecule has 0 aliphatic heterocycles. The molecule has 0 unspecified atom stereocenters. The minimum Gasteiger partial charge on any atom is -0.454 e. The van der Waals surface area contributed by atoms with Crippen molar-refractivity contribution < 1.29 is 14.1 Å². The Bertz CT molecular complexity index is 619. The first-order valence-electron chi connectivity index (χ1n) is 5.37. The number of non-ortho nitro benzene ring substituents is 1. The van der Waals surface area contributed by atoms with E-state index in [1.165, 1.54) is 30.3 Å². The lowest BCUT2D eigenvalue weighted by Crippen LogP contribution is -1.94. The number of nitrogens with zero attached hydrogens (tertiary/aromatic N) is 1. The number of hydrogen-bond donors (Lipinski definition) is 0. The van der Waals surface area contributed by atoms with Crippen molar-refractivity contribution in [3.63, 3.8) is 0 Å². The Hall–Kier alpha value is -2.14. The molecule has 2 rings (SSSR count). The molecule has 0 bridgehead atoms. The number of para-hydroxylation sites is 1. The number of hydrogen-bond acceptors (Lipinski definition) is 3. The molecule has 0 spiro atoms. The van der Waals surface area contributed by atoms with Gasteiger partial charge in [0.05, 0.1) is 10.8 Å². The van der Waals surface area contributed by atoms with Crippen LogP contribution in [0, 0.1) is 15.9 Å². The Balaban J connectivity index is 2.35. The van der Waals surface area contributed by atoms with Crippen molar-refractivity contribution in [2.75, 3.05) is 0 Å². The summed E-state index contributed by atoms with van der Waals surface area (Å²) in [6.07, 6.45) is 0. The van der Waals surface area contributed by atoms with E-state index in [1.54, 1.807) is 12.1 Å². The predicted octanol–water partition coefficient (Wildman–Crippen LogP) is 4.27. The number of rotatable bonds is 4. The van der Waals surface area contributed by atoms with Crippen molar-refractivity contribution in [2.45, 2.75) is 5.88 Å². The van der Waals surface area contributed by atoms with Crippen LogP contribution in [0.5, 0.6) is 11.5 Å². The molecule has 4 nitrogen and oxygen atoms in total. The van der Waals surface area contributed by atoms with Crippen LogP contribution in [0.25, 0.3) is 0 Å². The largest absolute Gasteiger partial charge is 0.454 e. The number of benzene rings is 2. The SMILES string of the molecule is O=[N+]([O-])c1ccc(Oc2ccccc2F)c(CCl)c1. The van der Waals surface area contributed by atoms with Gasteiger partial charge in [0.25, 0.3) is 5.69 Å². The summed E-state index contributed by atoms with van der Waals surface area (Å²) in [6.45, 7) is 0. The van der Waals surface area contributed by atoms with Gasteiger partial charge < -0.3 is 4.74 Å². The molecule has 6 heteroatoms. The van der Waals surface area contributed by atoms with Crippen LogP contribution in [0.3, 0.4) is 0 Å². The molecular weight excluding hydrogens is 273 g/mol. The number of nitro groups is 1. The molecule has 0 aliphatic rings. The van der Waals surface area contributed by atoms with Crippen LogP contribution in [0.1, 0.15) is 5.56 Å². The average Bonchev–Trinajstić information content (AvgIpc) is 2.41. The zero-order valence-electron chi connectivity index (χ0n) is 9.68. The van der Waals surface area contributed by atoms with Gasteiger partial charge in [0.15, 0.2) is 11.6 Å². The van der Waals surface area contributed by atoms with Gasteiger partial charge >= 0.3 is 0 Å². The highest BCUT2D eigenvalue weighted by atomic mass is 35.5. The fourth-order valence-corrected chi connectivity index (χ4v) is 1.74. The molecule has 19 heavy (non-hydrogen) atoms. The van der Waals surface area contributed by atoms with Crippen LogP contribution in [0.15, 0.2) is 42.5 Å². The van der Waals surface area contributed by atoms with Gasteiger partial charge in [-0.15, -0.1) is 11.6 Å². The van der Waals surface area contributed by atoms with Gasteiger partial charge in [-0.05, 0) is 18.2 Å².